The smallest absolute Gasteiger partial charge is 0.306 e. The lowest BCUT2D eigenvalue weighted by molar-refractivity contribution is -0.167. The van der Waals surface area contributed by atoms with Crippen LogP contribution in [-0.2, 0) is 28.6 Å². The van der Waals surface area contributed by atoms with E-state index in [1.54, 1.807) is 0 Å². The number of allylic oxidation sites excluding steroid dienone is 24. The molecule has 1 atom stereocenters. The summed E-state index contributed by atoms with van der Waals surface area (Å²) in [4.78, 5) is 38.3. The highest BCUT2D eigenvalue weighted by Gasteiger charge is 2.19. The van der Waals surface area contributed by atoms with Crippen molar-refractivity contribution in [2.24, 2.45) is 0 Å². The van der Waals surface area contributed by atoms with E-state index < -0.39 is 6.10 Å². The second-order valence-electron chi connectivity index (χ2n) is 22.0. The predicted molar refractivity (Wildman–Crippen MR) is 357 cm³/mol. The number of carbonyl (C=O) groups excluding carboxylic acids is 3. The summed E-state index contributed by atoms with van der Waals surface area (Å²) >= 11 is 0. The van der Waals surface area contributed by atoms with Crippen LogP contribution in [0.25, 0.3) is 0 Å². The average molecular weight is 1130 g/mol. The van der Waals surface area contributed by atoms with Crippen molar-refractivity contribution in [3.8, 4) is 0 Å². The second kappa shape index (κ2) is 68.8. The molecule has 0 fully saturated rings. The van der Waals surface area contributed by atoms with Gasteiger partial charge in [0.2, 0.25) is 0 Å². The van der Waals surface area contributed by atoms with Gasteiger partial charge in [-0.1, -0.05) is 276 Å². The van der Waals surface area contributed by atoms with Crippen LogP contribution in [-0.4, -0.2) is 37.2 Å². The first kappa shape index (κ1) is 77.3. The van der Waals surface area contributed by atoms with E-state index in [9.17, 15) is 14.4 Å². The van der Waals surface area contributed by atoms with E-state index in [1.165, 1.54) is 116 Å². The van der Waals surface area contributed by atoms with Crippen molar-refractivity contribution in [1.29, 1.82) is 0 Å². The van der Waals surface area contributed by atoms with Crippen molar-refractivity contribution in [1.82, 2.24) is 0 Å². The Morgan fingerprint density at radius 1 is 0.256 bits per heavy atom. The van der Waals surface area contributed by atoms with Crippen molar-refractivity contribution in [2.75, 3.05) is 13.2 Å². The van der Waals surface area contributed by atoms with Crippen LogP contribution >= 0.6 is 0 Å². The number of ether oxygens (including phenoxy) is 3. The van der Waals surface area contributed by atoms with Gasteiger partial charge < -0.3 is 14.2 Å². The third kappa shape index (κ3) is 66.1. The zero-order valence-electron chi connectivity index (χ0n) is 53.2. The predicted octanol–water partition coefficient (Wildman–Crippen LogP) is 23.5. The first-order valence-electron chi connectivity index (χ1n) is 33.8. The molecule has 0 aliphatic heterocycles. The molecule has 6 nitrogen and oxygen atoms in total. The molecule has 0 bridgehead atoms. The highest BCUT2D eigenvalue weighted by atomic mass is 16.6. The van der Waals surface area contributed by atoms with Crippen LogP contribution < -0.4 is 0 Å². The largest absolute Gasteiger partial charge is 0.462 e. The number of esters is 3. The summed E-state index contributed by atoms with van der Waals surface area (Å²) in [6, 6.07) is 0. The summed E-state index contributed by atoms with van der Waals surface area (Å²) in [6.45, 7) is 6.46. The molecule has 0 rings (SSSR count). The summed E-state index contributed by atoms with van der Waals surface area (Å²) in [5, 5.41) is 0. The summed E-state index contributed by atoms with van der Waals surface area (Å²) in [7, 11) is 0. The molecule has 0 saturated carbocycles. The van der Waals surface area contributed by atoms with Gasteiger partial charge in [0.1, 0.15) is 13.2 Å². The standard InChI is InChI=1S/C76H124O6/c1-4-7-10-13-16-19-22-25-27-29-31-33-34-35-36-37-38-39-40-41-42-44-45-47-49-51-54-57-60-63-66-69-75(78)81-72-73(71-80-74(77)68-65-62-59-56-53-24-21-18-15-12-9-6-3)82-76(79)70-67-64-61-58-55-52-50-48-46-43-32-30-28-26-23-20-17-14-11-8-5-2/h7,10,16,18-19,21,23,25-27,30-33,35-36,38-39,41-42,45,47,51,54,73H,4-6,8-9,11-15,17,20,22,24,28-29,34,37,40,43-44,46,48-50,52-53,55-72H2,1-3H3/b10-7-,19-16-,21-18-,26-23-,27-25-,32-30-,33-31-,36-35-,39-38-,42-41-,47-45-,54-51-. The van der Waals surface area contributed by atoms with Gasteiger partial charge in [-0.15, -0.1) is 0 Å². The minimum absolute atomic E-state index is 0.0985. The Balaban J connectivity index is 4.39. The van der Waals surface area contributed by atoms with Crippen molar-refractivity contribution in [2.45, 2.75) is 303 Å². The highest BCUT2D eigenvalue weighted by Crippen LogP contribution is 2.15. The maximum absolute atomic E-state index is 12.9. The fourth-order valence-corrected chi connectivity index (χ4v) is 8.99. The summed E-state index contributed by atoms with van der Waals surface area (Å²) in [5.41, 5.74) is 0. The van der Waals surface area contributed by atoms with Gasteiger partial charge in [-0.2, -0.15) is 0 Å². The third-order valence-electron chi connectivity index (χ3n) is 14.0. The topological polar surface area (TPSA) is 78.9 Å². The quantitative estimate of drug-likeness (QED) is 0.0261. The first-order chi connectivity index (χ1) is 40.5. The molecule has 0 saturated heterocycles. The summed E-state index contributed by atoms with van der Waals surface area (Å²) in [6.07, 6.45) is 98.6. The van der Waals surface area contributed by atoms with E-state index in [-0.39, 0.29) is 31.1 Å². The summed E-state index contributed by atoms with van der Waals surface area (Å²) < 4.78 is 16.9. The van der Waals surface area contributed by atoms with Crippen LogP contribution in [0.2, 0.25) is 0 Å². The van der Waals surface area contributed by atoms with Crippen LogP contribution in [0.15, 0.2) is 146 Å². The molecular weight excluding hydrogens is 1010 g/mol. The Morgan fingerprint density at radius 2 is 0.476 bits per heavy atom. The molecule has 0 heterocycles. The zero-order chi connectivity index (χ0) is 59.2. The lowest BCUT2D eigenvalue weighted by Crippen LogP contribution is -2.30. The lowest BCUT2D eigenvalue weighted by Gasteiger charge is -2.18. The van der Waals surface area contributed by atoms with Crippen LogP contribution in [0, 0.1) is 0 Å². The van der Waals surface area contributed by atoms with E-state index in [0.29, 0.717) is 19.3 Å². The van der Waals surface area contributed by atoms with E-state index in [4.69, 9.17) is 14.2 Å². The second-order valence-corrected chi connectivity index (χ2v) is 22.0. The van der Waals surface area contributed by atoms with Crippen LogP contribution in [0.3, 0.4) is 0 Å². The number of unbranched alkanes of at least 4 members (excludes halogenated alkanes) is 25. The van der Waals surface area contributed by atoms with E-state index in [1.807, 2.05) is 0 Å². The Morgan fingerprint density at radius 3 is 0.793 bits per heavy atom. The van der Waals surface area contributed by atoms with Gasteiger partial charge in [-0.25, -0.2) is 0 Å². The molecule has 6 heteroatoms. The Labute approximate surface area is 506 Å². The molecular formula is C76H124O6. The Bertz CT molecular complexity index is 1780. The zero-order valence-corrected chi connectivity index (χ0v) is 53.2. The first-order valence-corrected chi connectivity index (χ1v) is 33.8. The monoisotopic (exact) mass is 1130 g/mol. The molecule has 1 unspecified atom stereocenters. The number of hydrogen-bond acceptors (Lipinski definition) is 6. The van der Waals surface area contributed by atoms with Crippen LogP contribution in [0.4, 0.5) is 0 Å². The fourth-order valence-electron chi connectivity index (χ4n) is 8.99. The van der Waals surface area contributed by atoms with Gasteiger partial charge in [0, 0.05) is 19.3 Å². The van der Waals surface area contributed by atoms with Crippen molar-refractivity contribution in [3.63, 3.8) is 0 Å². The molecule has 0 aromatic carbocycles. The molecule has 0 aliphatic rings. The molecule has 0 aliphatic carbocycles. The highest BCUT2D eigenvalue weighted by molar-refractivity contribution is 5.71. The van der Waals surface area contributed by atoms with Gasteiger partial charge in [0.15, 0.2) is 6.10 Å². The molecule has 82 heavy (non-hydrogen) atoms. The van der Waals surface area contributed by atoms with Gasteiger partial charge in [0.05, 0.1) is 0 Å². The van der Waals surface area contributed by atoms with Gasteiger partial charge in [-0.3, -0.25) is 14.4 Å². The van der Waals surface area contributed by atoms with Crippen molar-refractivity contribution in [3.05, 3.63) is 146 Å². The third-order valence-corrected chi connectivity index (χ3v) is 14.0. The number of rotatable bonds is 60. The minimum atomic E-state index is -0.804. The average Bonchev–Trinajstić information content (AvgIpc) is 3.47. The molecule has 0 aromatic rings. The molecule has 0 amide bonds. The molecule has 0 aromatic heterocycles. The van der Waals surface area contributed by atoms with Gasteiger partial charge >= 0.3 is 17.9 Å². The lowest BCUT2D eigenvalue weighted by atomic mass is 10.1. The van der Waals surface area contributed by atoms with Crippen molar-refractivity contribution < 1.29 is 28.6 Å². The fraction of sp³-hybridized carbons (Fsp3) is 0.645. The van der Waals surface area contributed by atoms with Gasteiger partial charge in [0.25, 0.3) is 0 Å². The van der Waals surface area contributed by atoms with Crippen molar-refractivity contribution >= 4 is 17.9 Å². The van der Waals surface area contributed by atoms with E-state index in [2.05, 4.69) is 167 Å². The van der Waals surface area contributed by atoms with E-state index in [0.717, 1.165) is 141 Å². The van der Waals surface area contributed by atoms with E-state index >= 15 is 0 Å². The number of hydrogen-bond donors (Lipinski definition) is 0. The Hall–Kier alpha value is -4.71. The molecule has 0 spiro atoms. The Kier molecular flexibility index (Phi) is 64.8. The van der Waals surface area contributed by atoms with Crippen LogP contribution in [0.1, 0.15) is 297 Å². The van der Waals surface area contributed by atoms with Crippen LogP contribution in [0.5, 0.6) is 0 Å². The minimum Gasteiger partial charge on any atom is -0.462 e. The SMILES string of the molecule is CC/C=C\C/C=C\C/C=C\C/C=C\C/C=C\C/C=C\C/C=C\C/C=C\C/C=C\CCCCCC(=O)OCC(COC(=O)CCCCCCC/C=C\CCCCC)OC(=O)CCCCCCCCCCC/C=C\C/C=C\CCCCCCC. The van der Waals surface area contributed by atoms with Gasteiger partial charge in [-0.05, 0) is 148 Å². The molecule has 0 radical (unpaired) electrons. The number of carbonyl (C=O) groups is 3. The summed E-state index contributed by atoms with van der Waals surface area (Å²) in [5.74, 6) is -0.944. The normalized spacial score (nSPS) is 13.1. The maximum atomic E-state index is 12.9. The molecule has 0 N–H and O–H groups in total. The maximum Gasteiger partial charge on any atom is 0.306 e. The molecule has 464 valence electrons.